The Morgan fingerprint density at radius 3 is 2.50 bits per heavy atom. The topological polar surface area (TPSA) is 62.2 Å². The van der Waals surface area contributed by atoms with E-state index in [4.69, 9.17) is 16.3 Å². The fourth-order valence-corrected chi connectivity index (χ4v) is 4.42. The van der Waals surface area contributed by atoms with Gasteiger partial charge in [-0.3, -0.25) is 9.59 Å². The summed E-state index contributed by atoms with van der Waals surface area (Å²) in [5.74, 6) is 0.319. The molecule has 1 aromatic heterocycles. The van der Waals surface area contributed by atoms with Crippen molar-refractivity contribution in [3.63, 3.8) is 0 Å². The van der Waals surface area contributed by atoms with Crippen LogP contribution in [0.3, 0.4) is 0 Å². The number of amides is 2. The SMILES string of the molecule is COc1ccc(C2=NN(C(=O)CN(C)C(=O)c3cccs3)[C@@H](c3ccc(Cl)cc3)C2)cc1. The third kappa shape index (κ3) is 4.69. The summed E-state index contributed by atoms with van der Waals surface area (Å²) in [6, 6.07) is 18.3. The molecule has 0 aliphatic carbocycles. The molecule has 2 aromatic carbocycles. The van der Waals surface area contributed by atoms with Crippen molar-refractivity contribution < 1.29 is 14.3 Å². The fourth-order valence-electron chi connectivity index (χ4n) is 3.58. The minimum absolute atomic E-state index is 0.0692. The van der Waals surface area contributed by atoms with Crippen LogP contribution < -0.4 is 4.74 Å². The van der Waals surface area contributed by atoms with Crippen molar-refractivity contribution in [2.75, 3.05) is 20.7 Å². The van der Waals surface area contributed by atoms with Crippen molar-refractivity contribution in [2.45, 2.75) is 12.5 Å². The lowest BCUT2D eigenvalue weighted by Gasteiger charge is -2.24. The molecule has 2 amide bonds. The Bertz CT molecular complexity index is 1130. The number of benzene rings is 2. The molecular formula is C24H22ClN3O3S. The fraction of sp³-hybridized carbons (Fsp3) is 0.208. The summed E-state index contributed by atoms with van der Waals surface area (Å²) in [5.41, 5.74) is 2.65. The third-order valence-electron chi connectivity index (χ3n) is 5.30. The summed E-state index contributed by atoms with van der Waals surface area (Å²) in [4.78, 5) is 27.9. The van der Waals surface area contributed by atoms with E-state index >= 15 is 0 Å². The first kappa shape index (κ1) is 22.0. The average Bonchev–Trinajstić information content (AvgIpc) is 3.50. The third-order valence-corrected chi connectivity index (χ3v) is 6.40. The first-order valence-electron chi connectivity index (χ1n) is 10.0. The molecule has 0 N–H and O–H groups in total. The van der Waals surface area contributed by atoms with Gasteiger partial charge in [0.1, 0.15) is 12.3 Å². The average molecular weight is 468 g/mol. The number of hydrogen-bond donors (Lipinski definition) is 0. The summed E-state index contributed by atoms with van der Waals surface area (Å²) in [7, 11) is 3.24. The highest BCUT2D eigenvalue weighted by Crippen LogP contribution is 2.34. The van der Waals surface area contributed by atoms with Crippen LogP contribution >= 0.6 is 22.9 Å². The van der Waals surface area contributed by atoms with Gasteiger partial charge >= 0.3 is 0 Å². The standard InChI is InChI=1S/C24H22ClN3O3S/c1-27(24(30)22-4-3-13-32-22)15-23(29)28-21(17-5-9-18(25)10-6-17)14-20(26-28)16-7-11-19(31-2)12-8-16/h3-13,21H,14-15H2,1-2H3/t21-/m1/s1. The number of carbonyl (C=O) groups is 2. The molecule has 0 bridgehead atoms. The van der Waals surface area contributed by atoms with Crippen molar-refractivity contribution in [2.24, 2.45) is 5.10 Å². The molecule has 1 aliphatic heterocycles. The Kier molecular flexibility index (Phi) is 6.58. The summed E-state index contributed by atoms with van der Waals surface area (Å²) in [6.45, 7) is -0.0692. The van der Waals surface area contributed by atoms with Crippen molar-refractivity contribution in [1.82, 2.24) is 9.91 Å². The zero-order chi connectivity index (χ0) is 22.7. The van der Waals surface area contributed by atoms with Crippen LogP contribution in [0.1, 0.15) is 33.3 Å². The molecule has 0 unspecified atom stereocenters. The summed E-state index contributed by atoms with van der Waals surface area (Å²) >= 11 is 7.41. The van der Waals surface area contributed by atoms with E-state index in [0.717, 1.165) is 22.6 Å². The van der Waals surface area contributed by atoms with Crippen LogP contribution in [0.5, 0.6) is 5.75 Å². The zero-order valence-electron chi connectivity index (χ0n) is 17.7. The van der Waals surface area contributed by atoms with E-state index < -0.39 is 0 Å². The lowest BCUT2D eigenvalue weighted by atomic mass is 9.98. The maximum absolute atomic E-state index is 13.2. The van der Waals surface area contributed by atoms with Crippen LogP contribution in [-0.2, 0) is 4.79 Å². The second-order valence-corrected chi connectivity index (χ2v) is 8.81. The molecule has 164 valence electrons. The lowest BCUT2D eigenvalue weighted by Crippen LogP contribution is -2.39. The number of hydrogen-bond acceptors (Lipinski definition) is 5. The Morgan fingerprint density at radius 2 is 1.88 bits per heavy atom. The van der Waals surface area contributed by atoms with E-state index in [9.17, 15) is 9.59 Å². The van der Waals surface area contributed by atoms with E-state index in [1.165, 1.54) is 21.2 Å². The molecule has 0 saturated carbocycles. The summed E-state index contributed by atoms with van der Waals surface area (Å²) in [6.07, 6.45) is 0.558. The first-order valence-corrected chi connectivity index (χ1v) is 11.3. The Balaban J connectivity index is 1.59. The molecule has 0 radical (unpaired) electrons. The number of rotatable bonds is 6. The van der Waals surface area contributed by atoms with Gasteiger partial charge in [-0.25, -0.2) is 5.01 Å². The Labute approximate surface area is 195 Å². The number of carbonyl (C=O) groups excluding carboxylic acids is 2. The monoisotopic (exact) mass is 467 g/mol. The number of hydrazone groups is 1. The predicted molar refractivity (Wildman–Crippen MR) is 126 cm³/mol. The smallest absolute Gasteiger partial charge is 0.264 e. The number of likely N-dealkylation sites (N-methyl/N-ethyl adjacent to an activating group) is 1. The van der Waals surface area contributed by atoms with Gasteiger partial charge in [-0.2, -0.15) is 5.10 Å². The second kappa shape index (κ2) is 9.54. The second-order valence-electron chi connectivity index (χ2n) is 7.42. The molecule has 3 aromatic rings. The molecule has 8 heteroatoms. The Hall–Kier alpha value is -3.16. The van der Waals surface area contributed by atoms with Crippen LogP contribution in [0, 0.1) is 0 Å². The quantitative estimate of drug-likeness (QED) is 0.520. The van der Waals surface area contributed by atoms with Gasteiger partial charge in [-0.05, 0) is 59.0 Å². The zero-order valence-corrected chi connectivity index (χ0v) is 19.3. The summed E-state index contributed by atoms with van der Waals surface area (Å²) in [5, 5.41) is 8.61. The van der Waals surface area contributed by atoms with Gasteiger partial charge in [0.15, 0.2) is 0 Å². The predicted octanol–water partition coefficient (Wildman–Crippen LogP) is 4.86. The molecule has 1 atom stereocenters. The maximum atomic E-state index is 13.2. The molecule has 1 aliphatic rings. The van der Waals surface area contributed by atoms with Crippen LogP contribution in [0.25, 0.3) is 0 Å². The van der Waals surface area contributed by atoms with E-state index in [1.54, 1.807) is 32.4 Å². The van der Waals surface area contributed by atoms with Gasteiger partial charge in [0.25, 0.3) is 11.8 Å². The molecule has 32 heavy (non-hydrogen) atoms. The van der Waals surface area contributed by atoms with Crippen LogP contribution in [0.15, 0.2) is 71.1 Å². The maximum Gasteiger partial charge on any atom is 0.264 e. The highest BCUT2D eigenvalue weighted by atomic mass is 35.5. The van der Waals surface area contributed by atoms with Crippen LogP contribution in [0.4, 0.5) is 0 Å². The van der Waals surface area contributed by atoms with E-state index in [0.29, 0.717) is 16.3 Å². The van der Waals surface area contributed by atoms with Crippen molar-refractivity contribution >= 4 is 40.5 Å². The van der Waals surface area contributed by atoms with Gasteiger partial charge in [-0.15, -0.1) is 11.3 Å². The van der Waals surface area contributed by atoms with Crippen molar-refractivity contribution in [3.8, 4) is 5.75 Å². The van der Waals surface area contributed by atoms with Gasteiger partial charge < -0.3 is 9.64 Å². The number of ether oxygens (including phenoxy) is 1. The van der Waals surface area contributed by atoms with Crippen LogP contribution in [0.2, 0.25) is 5.02 Å². The van der Waals surface area contributed by atoms with Crippen LogP contribution in [-0.4, -0.2) is 48.1 Å². The van der Waals surface area contributed by atoms with Gasteiger partial charge in [0.2, 0.25) is 0 Å². The number of thiophene rings is 1. The minimum atomic E-state index is -0.276. The molecule has 0 spiro atoms. The van der Waals surface area contributed by atoms with Crippen molar-refractivity contribution in [1.29, 1.82) is 0 Å². The van der Waals surface area contributed by atoms with Gasteiger partial charge in [0, 0.05) is 18.5 Å². The van der Waals surface area contributed by atoms with E-state index in [1.807, 2.05) is 47.8 Å². The van der Waals surface area contributed by atoms with Crippen molar-refractivity contribution in [3.05, 3.63) is 87.1 Å². The number of methoxy groups -OCH3 is 1. The van der Waals surface area contributed by atoms with Gasteiger partial charge in [0.05, 0.1) is 23.7 Å². The number of nitrogens with zero attached hydrogens (tertiary/aromatic N) is 3. The molecule has 0 saturated heterocycles. The highest BCUT2D eigenvalue weighted by molar-refractivity contribution is 7.12. The number of halogens is 1. The molecule has 0 fully saturated rings. The molecule has 6 nitrogen and oxygen atoms in total. The van der Waals surface area contributed by atoms with Gasteiger partial charge in [-0.1, -0.05) is 29.8 Å². The molecule has 2 heterocycles. The molecule has 4 rings (SSSR count). The largest absolute Gasteiger partial charge is 0.497 e. The van der Waals surface area contributed by atoms with E-state index in [2.05, 4.69) is 5.10 Å². The van der Waals surface area contributed by atoms with E-state index in [-0.39, 0.29) is 24.4 Å². The summed E-state index contributed by atoms with van der Waals surface area (Å²) < 4.78 is 5.24. The molecular weight excluding hydrogens is 446 g/mol. The Morgan fingerprint density at radius 1 is 1.16 bits per heavy atom. The lowest BCUT2D eigenvalue weighted by molar-refractivity contribution is -0.133. The normalized spacial score (nSPS) is 15.4. The first-order chi connectivity index (χ1) is 15.5. The minimum Gasteiger partial charge on any atom is -0.497 e. The highest BCUT2D eigenvalue weighted by Gasteiger charge is 2.34.